The van der Waals surface area contributed by atoms with Crippen molar-refractivity contribution in [3.63, 3.8) is 0 Å². The SMILES string of the molecule is FC(F)(F)F.[Mg+2].[Mn+2].[O-2].[O-2]. The van der Waals surface area contributed by atoms with E-state index in [4.69, 9.17) is 0 Å². The van der Waals surface area contributed by atoms with Crippen molar-refractivity contribution in [3.05, 3.63) is 0 Å². The average molecular weight is 199 g/mol. The molecule has 0 heterocycles. The molecule has 0 aromatic carbocycles. The van der Waals surface area contributed by atoms with Gasteiger partial charge in [-0.15, -0.1) is 17.6 Å². The molecule has 0 N–H and O–H groups in total. The fourth-order valence-electron chi connectivity index (χ4n) is 0. The molecule has 0 aliphatic heterocycles. The molecule has 0 aromatic heterocycles. The first-order valence-corrected chi connectivity index (χ1v) is 0.756. The zero-order valence-corrected chi connectivity index (χ0v) is 6.51. The van der Waals surface area contributed by atoms with Crippen molar-refractivity contribution in [1.82, 2.24) is 0 Å². The Hall–Kier alpha value is 0.926. The number of halogens is 4. The van der Waals surface area contributed by atoms with E-state index in [1.165, 1.54) is 0 Å². The van der Waals surface area contributed by atoms with Crippen molar-refractivity contribution in [2.75, 3.05) is 0 Å². The molecular weight excluding hydrogens is 199 g/mol. The minimum atomic E-state index is -5.50. The molecule has 0 saturated heterocycles. The number of hydrogen-bond acceptors (Lipinski definition) is 0. The van der Waals surface area contributed by atoms with Crippen LogP contribution in [0.2, 0.25) is 0 Å². The average Bonchev–Trinajstić information content (AvgIpc) is 0.722. The summed E-state index contributed by atoms with van der Waals surface area (Å²) in [6.45, 7) is 0. The molecule has 53 valence electrons. The van der Waals surface area contributed by atoms with Gasteiger partial charge in [0.25, 0.3) is 0 Å². The Balaban J connectivity index is -0.0000000133. The van der Waals surface area contributed by atoms with Crippen LogP contribution >= 0.6 is 0 Å². The van der Waals surface area contributed by atoms with Gasteiger partial charge in [-0.25, -0.2) is 0 Å². The Morgan fingerprint density at radius 2 is 0.778 bits per heavy atom. The van der Waals surface area contributed by atoms with Crippen LogP contribution in [0.5, 0.6) is 0 Å². The standard InChI is InChI=1S/CF4.Mg.Mn.2O/c2-1(3,4)5;;;;/q;2*+2;2*-2. The van der Waals surface area contributed by atoms with Gasteiger partial charge in [0.05, 0.1) is 0 Å². The van der Waals surface area contributed by atoms with Crippen LogP contribution in [0.25, 0.3) is 0 Å². The van der Waals surface area contributed by atoms with Crippen LogP contribution in [0.15, 0.2) is 0 Å². The third-order valence-electron chi connectivity index (χ3n) is 0. The Bertz CT molecular complexity index is 34.0. The van der Waals surface area contributed by atoms with Crippen LogP contribution in [0.1, 0.15) is 0 Å². The van der Waals surface area contributed by atoms with Crippen LogP contribution in [0, 0.1) is 0 Å². The summed E-state index contributed by atoms with van der Waals surface area (Å²) in [7, 11) is 0. The summed E-state index contributed by atoms with van der Waals surface area (Å²) in [4.78, 5) is 0. The molecule has 2 nitrogen and oxygen atoms in total. The summed E-state index contributed by atoms with van der Waals surface area (Å²) in [6, 6.07) is 0. The van der Waals surface area contributed by atoms with Crippen molar-refractivity contribution in [2.45, 2.75) is 6.43 Å². The molecule has 9 heavy (non-hydrogen) atoms. The molecule has 0 amide bonds. The van der Waals surface area contributed by atoms with Crippen LogP contribution in [-0.2, 0) is 28.0 Å². The summed E-state index contributed by atoms with van der Waals surface area (Å²) in [5, 5.41) is 0. The second-order valence-electron chi connectivity index (χ2n) is 0.429. The predicted octanol–water partition coefficient (Wildman–Crippen LogP) is 0.855. The molecule has 0 aromatic rings. The molecular formula is CF4MgMnO2. The van der Waals surface area contributed by atoms with Gasteiger partial charge in [-0.3, -0.25) is 0 Å². The third kappa shape index (κ3) is 500. The Kier molecular flexibility index (Phi) is 42.3. The Morgan fingerprint density at radius 1 is 0.778 bits per heavy atom. The molecule has 0 saturated carbocycles. The summed E-state index contributed by atoms with van der Waals surface area (Å²) < 4.78 is 38.8. The van der Waals surface area contributed by atoms with Gasteiger partial charge in [0.1, 0.15) is 0 Å². The quantitative estimate of drug-likeness (QED) is 0.410. The molecule has 0 aliphatic carbocycles. The molecule has 0 spiro atoms. The maximum absolute atomic E-state index is 9.69. The van der Waals surface area contributed by atoms with Crippen molar-refractivity contribution < 1.29 is 45.6 Å². The second-order valence-corrected chi connectivity index (χ2v) is 0.429. The normalized spacial score (nSPS) is 6.67. The molecule has 1 radical (unpaired) electrons. The summed E-state index contributed by atoms with van der Waals surface area (Å²) in [5.74, 6) is 0. The van der Waals surface area contributed by atoms with Crippen molar-refractivity contribution in [1.29, 1.82) is 0 Å². The number of hydrogen-bond donors (Lipinski definition) is 0. The largest absolute Gasteiger partial charge is 2.00 e. The zero-order valence-electron chi connectivity index (χ0n) is 3.91. The van der Waals surface area contributed by atoms with E-state index in [0.29, 0.717) is 0 Å². The Morgan fingerprint density at radius 3 is 0.778 bits per heavy atom. The number of rotatable bonds is 0. The molecule has 0 unspecified atom stereocenters. The summed E-state index contributed by atoms with van der Waals surface area (Å²) >= 11 is 0. The molecule has 0 atom stereocenters. The second kappa shape index (κ2) is 11.7. The van der Waals surface area contributed by atoms with Crippen molar-refractivity contribution in [2.24, 2.45) is 0 Å². The van der Waals surface area contributed by atoms with Gasteiger partial charge in [-0.05, 0) is 0 Å². The minimum Gasteiger partial charge on any atom is -2.00 e. The van der Waals surface area contributed by atoms with Crippen molar-refractivity contribution in [3.8, 4) is 0 Å². The third-order valence-corrected chi connectivity index (χ3v) is 0. The van der Waals surface area contributed by atoms with Crippen LogP contribution in [-0.4, -0.2) is 29.5 Å². The molecule has 0 bridgehead atoms. The molecule has 0 aliphatic rings. The van der Waals surface area contributed by atoms with Gasteiger partial charge < -0.3 is 11.0 Å². The predicted molar refractivity (Wildman–Crippen MR) is 14.3 cm³/mol. The molecule has 8 heteroatoms. The summed E-state index contributed by atoms with van der Waals surface area (Å²) in [6.07, 6.45) is -5.50. The van der Waals surface area contributed by atoms with Gasteiger partial charge in [0, 0.05) is 0 Å². The maximum atomic E-state index is 9.69. The van der Waals surface area contributed by atoms with E-state index in [9.17, 15) is 17.6 Å². The van der Waals surface area contributed by atoms with E-state index in [2.05, 4.69) is 0 Å². The summed E-state index contributed by atoms with van der Waals surface area (Å²) in [5.41, 5.74) is 0. The first kappa shape index (κ1) is 32.6. The fourth-order valence-corrected chi connectivity index (χ4v) is 0. The van der Waals surface area contributed by atoms with Crippen LogP contribution in [0.3, 0.4) is 0 Å². The van der Waals surface area contributed by atoms with E-state index >= 15 is 0 Å². The smallest absolute Gasteiger partial charge is 2.00 e. The Labute approximate surface area is 75.2 Å². The van der Waals surface area contributed by atoms with E-state index in [1.54, 1.807) is 0 Å². The monoisotopic (exact) mass is 199 g/mol. The topological polar surface area (TPSA) is 57.0 Å². The molecule has 0 fully saturated rings. The van der Waals surface area contributed by atoms with E-state index in [-0.39, 0.29) is 51.1 Å². The van der Waals surface area contributed by atoms with E-state index < -0.39 is 6.43 Å². The van der Waals surface area contributed by atoms with Gasteiger partial charge >= 0.3 is 46.6 Å². The zero-order chi connectivity index (χ0) is 4.50. The van der Waals surface area contributed by atoms with Gasteiger partial charge in [0.2, 0.25) is 0 Å². The first-order valence-electron chi connectivity index (χ1n) is 0.756. The minimum absolute atomic E-state index is 0. The van der Waals surface area contributed by atoms with E-state index in [0.717, 1.165) is 0 Å². The maximum Gasteiger partial charge on any atom is 2.00 e. The van der Waals surface area contributed by atoms with Crippen molar-refractivity contribution >= 4 is 23.1 Å². The van der Waals surface area contributed by atoms with Gasteiger partial charge in [-0.2, -0.15) is 0 Å². The first-order chi connectivity index (χ1) is 2.00. The molecule has 0 rings (SSSR count). The fraction of sp³-hybridized carbons (Fsp3) is 1.00. The van der Waals surface area contributed by atoms with Crippen LogP contribution in [0.4, 0.5) is 17.6 Å². The van der Waals surface area contributed by atoms with Gasteiger partial charge in [-0.1, -0.05) is 0 Å². The van der Waals surface area contributed by atoms with Crippen LogP contribution < -0.4 is 0 Å². The number of alkyl halides is 4. The van der Waals surface area contributed by atoms with E-state index in [1.807, 2.05) is 0 Å². The van der Waals surface area contributed by atoms with Gasteiger partial charge in [0.15, 0.2) is 0 Å².